The Hall–Kier alpha value is -1.82. The van der Waals surface area contributed by atoms with E-state index in [-0.39, 0.29) is 10.8 Å². The minimum atomic E-state index is -0.0422. The number of pyridine rings is 1. The molecule has 3 aromatic rings. The molecule has 2 heterocycles. The minimum Gasteiger partial charge on any atom is -0.504 e. The summed E-state index contributed by atoms with van der Waals surface area (Å²) in [6.45, 7) is 1.37. The van der Waals surface area contributed by atoms with Gasteiger partial charge in [0.1, 0.15) is 5.52 Å². The predicted octanol–water partition coefficient (Wildman–Crippen LogP) is 3.30. The number of rotatable bonds is 5. The van der Waals surface area contributed by atoms with E-state index in [0.717, 1.165) is 24.4 Å². The number of H-pyrrole nitrogens is 1. The van der Waals surface area contributed by atoms with Crippen LogP contribution in [0.3, 0.4) is 0 Å². The molecule has 0 bridgehead atoms. The van der Waals surface area contributed by atoms with Crippen LogP contribution in [0.25, 0.3) is 10.9 Å². The lowest BCUT2D eigenvalue weighted by molar-refractivity contribution is 0.480. The Morgan fingerprint density at radius 1 is 1.18 bits per heavy atom. The van der Waals surface area contributed by atoms with Crippen LogP contribution < -0.4 is 5.32 Å². The summed E-state index contributed by atoms with van der Waals surface area (Å²) in [6.07, 6.45) is 4.37. The van der Waals surface area contributed by atoms with E-state index >= 15 is 0 Å². The molecule has 0 saturated heterocycles. The van der Waals surface area contributed by atoms with Gasteiger partial charge in [-0.3, -0.25) is 0 Å². The maximum Gasteiger partial charge on any atom is 0.160 e. The number of phenols is 1. The van der Waals surface area contributed by atoms with Crippen LogP contribution in [-0.2, 0) is 13.0 Å². The fourth-order valence-corrected chi connectivity index (χ4v) is 2.72. The van der Waals surface area contributed by atoms with Crippen LogP contribution >= 0.6 is 23.2 Å². The highest BCUT2D eigenvalue weighted by Gasteiger charge is 2.11. The number of benzene rings is 1. The molecule has 0 aliphatic carbocycles. The molecule has 22 heavy (non-hydrogen) atoms. The lowest BCUT2D eigenvalue weighted by atomic mass is 10.2. The number of aromatic hydroxyl groups is 1. The van der Waals surface area contributed by atoms with Gasteiger partial charge in [0, 0.05) is 31.1 Å². The number of aromatic nitrogens is 3. The van der Waals surface area contributed by atoms with Gasteiger partial charge >= 0.3 is 0 Å². The highest BCUT2D eigenvalue weighted by molar-refractivity contribution is 6.39. The number of fused-ring (bicyclic) bond motifs is 1. The summed E-state index contributed by atoms with van der Waals surface area (Å²) in [5.74, 6) is -0.0422. The Morgan fingerprint density at radius 3 is 2.82 bits per heavy atom. The number of hydrogen-bond acceptors (Lipinski definition) is 4. The second-order valence-electron chi connectivity index (χ2n) is 4.87. The molecule has 0 fully saturated rings. The third-order valence-corrected chi connectivity index (χ3v) is 3.93. The third-order valence-electron chi connectivity index (χ3n) is 3.33. The molecule has 0 amide bonds. The summed E-state index contributed by atoms with van der Waals surface area (Å²) in [5, 5.41) is 14.7. The van der Waals surface area contributed by atoms with Crippen LogP contribution in [0.1, 0.15) is 11.4 Å². The Morgan fingerprint density at radius 2 is 2.05 bits per heavy atom. The van der Waals surface area contributed by atoms with Crippen molar-refractivity contribution < 1.29 is 5.11 Å². The van der Waals surface area contributed by atoms with Crippen molar-refractivity contribution in [3.05, 3.63) is 52.2 Å². The zero-order chi connectivity index (χ0) is 15.5. The summed E-state index contributed by atoms with van der Waals surface area (Å²) in [6, 6.07) is 5.23. The lowest BCUT2D eigenvalue weighted by Gasteiger charge is -2.08. The number of nitrogens with one attached hydrogen (secondary N) is 2. The quantitative estimate of drug-likeness (QED) is 0.625. The number of aromatic amines is 1. The van der Waals surface area contributed by atoms with E-state index in [9.17, 15) is 5.11 Å². The van der Waals surface area contributed by atoms with Crippen molar-refractivity contribution in [2.24, 2.45) is 0 Å². The molecule has 0 spiro atoms. The second-order valence-corrected chi connectivity index (χ2v) is 5.69. The van der Waals surface area contributed by atoms with Gasteiger partial charge < -0.3 is 15.4 Å². The van der Waals surface area contributed by atoms with Crippen LogP contribution in [0.2, 0.25) is 10.0 Å². The number of halogens is 2. The highest BCUT2D eigenvalue weighted by Crippen LogP contribution is 2.36. The normalized spacial score (nSPS) is 11.2. The molecular weight excluding hydrogens is 323 g/mol. The lowest BCUT2D eigenvalue weighted by Crippen LogP contribution is -2.17. The van der Waals surface area contributed by atoms with Gasteiger partial charge in [0.15, 0.2) is 5.75 Å². The maximum atomic E-state index is 10.0. The fraction of sp³-hybridized carbons (Fsp3) is 0.200. The average Bonchev–Trinajstić information content (AvgIpc) is 3.02. The molecule has 2 aromatic heterocycles. The van der Waals surface area contributed by atoms with E-state index < -0.39 is 0 Å². The van der Waals surface area contributed by atoms with Crippen molar-refractivity contribution in [3.63, 3.8) is 0 Å². The van der Waals surface area contributed by atoms with E-state index in [2.05, 4.69) is 20.3 Å². The van der Waals surface area contributed by atoms with Crippen molar-refractivity contribution in [2.45, 2.75) is 13.0 Å². The van der Waals surface area contributed by atoms with Crippen molar-refractivity contribution in [1.82, 2.24) is 20.3 Å². The van der Waals surface area contributed by atoms with Gasteiger partial charge in [-0.15, -0.1) is 0 Å². The Kier molecular flexibility index (Phi) is 4.47. The first-order chi connectivity index (χ1) is 10.6. The van der Waals surface area contributed by atoms with E-state index in [0.29, 0.717) is 22.5 Å². The molecule has 0 atom stereocenters. The number of hydrogen-bond donors (Lipinski definition) is 3. The molecule has 3 N–H and O–H groups in total. The second kappa shape index (κ2) is 6.52. The van der Waals surface area contributed by atoms with Crippen molar-refractivity contribution in [2.75, 3.05) is 6.54 Å². The third kappa shape index (κ3) is 3.16. The van der Waals surface area contributed by atoms with Gasteiger partial charge in [-0.05, 0) is 18.2 Å². The van der Waals surface area contributed by atoms with Gasteiger partial charge in [-0.25, -0.2) is 9.97 Å². The summed E-state index contributed by atoms with van der Waals surface area (Å²) >= 11 is 12.0. The van der Waals surface area contributed by atoms with Gasteiger partial charge in [-0.2, -0.15) is 0 Å². The molecule has 7 heteroatoms. The van der Waals surface area contributed by atoms with Gasteiger partial charge in [0.2, 0.25) is 0 Å². The summed E-state index contributed by atoms with van der Waals surface area (Å²) in [5.41, 5.74) is 2.24. The Labute approximate surface area is 137 Å². The zero-order valence-corrected chi connectivity index (χ0v) is 13.1. The summed E-state index contributed by atoms with van der Waals surface area (Å²) < 4.78 is 0. The van der Waals surface area contributed by atoms with Crippen LogP contribution in [0.5, 0.6) is 5.75 Å². The van der Waals surface area contributed by atoms with Gasteiger partial charge in [0.25, 0.3) is 0 Å². The molecule has 0 radical (unpaired) electrons. The monoisotopic (exact) mass is 336 g/mol. The number of phenolic OH excluding ortho intramolecular Hbond substituents is 1. The topological polar surface area (TPSA) is 73.8 Å². The standard InChI is InChI=1S/C15H14Cl2N4O/c16-12-5-13(17)15(22)14-11(12)2-1-10(21-14)7-18-4-3-9-6-19-8-20-9/h1-2,5-6,8,18,22H,3-4,7H2,(H,19,20). The molecule has 3 rings (SSSR count). The molecule has 114 valence electrons. The Balaban J connectivity index is 1.70. The highest BCUT2D eigenvalue weighted by atomic mass is 35.5. The van der Waals surface area contributed by atoms with Crippen LogP contribution in [0, 0.1) is 0 Å². The molecular formula is C15H14Cl2N4O. The molecule has 1 aromatic carbocycles. The van der Waals surface area contributed by atoms with Crippen LogP contribution in [0.4, 0.5) is 0 Å². The average molecular weight is 337 g/mol. The van der Waals surface area contributed by atoms with E-state index in [4.69, 9.17) is 23.2 Å². The Bertz CT molecular complexity index is 790. The van der Waals surface area contributed by atoms with E-state index in [1.165, 1.54) is 6.07 Å². The van der Waals surface area contributed by atoms with Gasteiger partial charge in [0.05, 0.1) is 27.8 Å². The van der Waals surface area contributed by atoms with Crippen molar-refractivity contribution >= 4 is 34.1 Å². The predicted molar refractivity (Wildman–Crippen MR) is 87.4 cm³/mol. The summed E-state index contributed by atoms with van der Waals surface area (Å²) in [7, 11) is 0. The van der Waals surface area contributed by atoms with Crippen molar-refractivity contribution in [3.8, 4) is 5.75 Å². The fourth-order valence-electron chi connectivity index (χ4n) is 2.20. The van der Waals surface area contributed by atoms with E-state index in [1.807, 2.05) is 18.3 Å². The van der Waals surface area contributed by atoms with Crippen LogP contribution in [0.15, 0.2) is 30.7 Å². The minimum absolute atomic E-state index is 0.0422. The first kappa shape index (κ1) is 15.1. The zero-order valence-electron chi connectivity index (χ0n) is 11.6. The largest absolute Gasteiger partial charge is 0.504 e. The molecule has 0 aliphatic heterocycles. The van der Waals surface area contributed by atoms with Crippen molar-refractivity contribution in [1.29, 1.82) is 0 Å². The number of imidazole rings is 1. The molecule has 5 nitrogen and oxygen atoms in total. The van der Waals surface area contributed by atoms with E-state index in [1.54, 1.807) is 6.33 Å². The molecule has 0 unspecified atom stereocenters. The maximum absolute atomic E-state index is 10.0. The first-order valence-electron chi connectivity index (χ1n) is 6.80. The van der Waals surface area contributed by atoms with Crippen LogP contribution in [-0.4, -0.2) is 26.6 Å². The SMILES string of the molecule is Oc1c(Cl)cc(Cl)c2ccc(CNCCc3c[nH]cn3)nc12. The smallest absolute Gasteiger partial charge is 0.160 e. The van der Waals surface area contributed by atoms with Gasteiger partial charge in [-0.1, -0.05) is 23.2 Å². The first-order valence-corrected chi connectivity index (χ1v) is 7.55. The molecule has 0 saturated carbocycles. The summed E-state index contributed by atoms with van der Waals surface area (Å²) in [4.78, 5) is 11.5. The molecule has 0 aliphatic rings. The number of nitrogens with zero attached hydrogens (tertiary/aromatic N) is 2.